The average Bonchev–Trinajstić information content (AvgIpc) is 2.42. The lowest BCUT2D eigenvalue weighted by atomic mass is 10.3. The number of rotatable bonds is 3. The fourth-order valence-electron chi connectivity index (χ4n) is 1.39. The summed E-state index contributed by atoms with van der Waals surface area (Å²) in [6.07, 6.45) is 0. The maximum atomic E-state index is 5.92. The molecule has 6 heteroatoms. The lowest BCUT2D eigenvalue weighted by Gasteiger charge is -2.12. The Kier molecular flexibility index (Phi) is 4.85. The van der Waals surface area contributed by atoms with Crippen molar-refractivity contribution in [3.8, 4) is 0 Å². The molecule has 2 aromatic carbocycles. The molecule has 0 aliphatic rings. The highest BCUT2D eigenvalue weighted by Gasteiger charge is 2.01. The van der Waals surface area contributed by atoms with Crippen molar-refractivity contribution >= 4 is 51.9 Å². The molecule has 0 aliphatic carbocycles. The fraction of sp³-hybridized carbons (Fsp3) is 0. The van der Waals surface area contributed by atoms with Crippen LogP contribution in [0.4, 0.5) is 11.4 Å². The summed E-state index contributed by atoms with van der Waals surface area (Å²) in [6.45, 7) is 0. The Morgan fingerprint density at radius 1 is 0.895 bits per heavy atom. The molecular formula is C13H11Cl2N3S. The number of para-hydroxylation sites is 1. The van der Waals surface area contributed by atoms with E-state index in [4.69, 9.17) is 35.4 Å². The van der Waals surface area contributed by atoms with Gasteiger partial charge in [-0.1, -0.05) is 41.4 Å². The summed E-state index contributed by atoms with van der Waals surface area (Å²) in [5.74, 6) is 0. The van der Waals surface area contributed by atoms with E-state index in [-0.39, 0.29) is 0 Å². The Balaban J connectivity index is 1.89. The summed E-state index contributed by atoms with van der Waals surface area (Å²) in [5.41, 5.74) is 7.54. The minimum absolute atomic E-state index is 0.433. The molecule has 0 fully saturated rings. The molecule has 2 aromatic rings. The Morgan fingerprint density at radius 3 is 2.32 bits per heavy atom. The Hall–Kier alpha value is -1.49. The lowest BCUT2D eigenvalue weighted by Crippen LogP contribution is -2.33. The predicted molar refractivity (Wildman–Crippen MR) is 85.9 cm³/mol. The highest BCUT2D eigenvalue weighted by molar-refractivity contribution is 7.80. The van der Waals surface area contributed by atoms with Crippen LogP contribution in [0.1, 0.15) is 0 Å². The summed E-state index contributed by atoms with van der Waals surface area (Å²) in [4.78, 5) is 0. The molecule has 0 heterocycles. The summed E-state index contributed by atoms with van der Waals surface area (Å²) in [5, 5.41) is 4.41. The van der Waals surface area contributed by atoms with Crippen LogP contribution < -0.4 is 16.2 Å². The van der Waals surface area contributed by atoms with Crippen molar-refractivity contribution in [3.05, 3.63) is 58.6 Å². The van der Waals surface area contributed by atoms with Crippen molar-refractivity contribution in [1.29, 1.82) is 0 Å². The molecule has 3 nitrogen and oxygen atoms in total. The van der Waals surface area contributed by atoms with Gasteiger partial charge in [0.25, 0.3) is 0 Å². The van der Waals surface area contributed by atoms with Crippen molar-refractivity contribution < 1.29 is 0 Å². The molecule has 0 saturated carbocycles. The summed E-state index contributed by atoms with van der Waals surface area (Å²) >= 11 is 16.9. The van der Waals surface area contributed by atoms with Gasteiger partial charge in [0.05, 0.1) is 15.7 Å². The Labute approximate surface area is 126 Å². The SMILES string of the molecule is S=C(NNc1ccccc1)Nc1ccc(Cl)c(Cl)c1. The number of hydrogen-bond acceptors (Lipinski definition) is 2. The highest BCUT2D eigenvalue weighted by atomic mass is 35.5. The van der Waals surface area contributed by atoms with E-state index in [1.165, 1.54) is 0 Å². The predicted octanol–water partition coefficient (Wildman–Crippen LogP) is 4.31. The van der Waals surface area contributed by atoms with Gasteiger partial charge in [-0.2, -0.15) is 0 Å². The maximum Gasteiger partial charge on any atom is 0.189 e. The van der Waals surface area contributed by atoms with Crippen LogP contribution in [0.25, 0.3) is 0 Å². The molecule has 98 valence electrons. The topological polar surface area (TPSA) is 36.1 Å². The smallest absolute Gasteiger partial charge is 0.189 e. The minimum Gasteiger partial charge on any atom is -0.331 e. The normalized spacial score (nSPS) is 9.79. The molecule has 0 radical (unpaired) electrons. The molecule has 0 aliphatic heterocycles. The van der Waals surface area contributed by atoms with Crippen LogP contribution in [0.5, 0.6) is 0 Å². The van der Waals surface area contributed by atoms with Gasteiger partial charge >= 0.3 is 0 Å². The van der Waals surface area contributed by atoms with Crippen molar-refractivity contribution in [2.75, 3.05) is 10.7 Å². The third kappa shape index (κ3) is 4.28. The van der Waals surface area contributed by atoms with Gasteiger partial charge in [0.15, 0.2) is 5.11 Å². The number of benzene rings is 2. The van der Waals surface area contributed by atoms with Crippen molar-refractivity contribution in [2.24, 2.45) is 0 Å². The molecule has 0 bridgehead atoms. The van der Waals surface area contributed by atoms with E-state index in [0.29, 0.717) is 15.2 Å². The molecule has 0 atom stereocenters. The van der Waals surface area contributed by atoms with E-state index in [1.807, 2.05) is 30.3 Å². The largest absolute Gasteiger partial charge is 0.331 e. The van der Waals surface area contributed by atoms with Gasteiger partial charge in [-0.15, -0.1) is 0 Å². The summed E-state index contributed by atoms with van der Waals surface area (Å²) in [6, 6.07) is 14.9. The third-order valence-electron chi connectivity index (χ3n) is 2.27. The molecule has 0 saturated heterocycles. The van der Waals surface area contributed by atoms with Crippen LogP contribution in [0.3, 0.4) is 0 Å². The molecule has 0 unspecified atom stereocenters. The second-order valence-corrected chi connectivity index (χ2v) is 4.92. The van der Waals surface area contributed by atoms with Gasteiger partial charge in [-0.3, -0.25) is 10.9 Å². The molecule has 0 aromatic heterocycles. The molecule has 0 spiro atoms. The number of hydrazine groups is 1. The maximum absolute atomic E-state index is 5.92. The zero-order valence-electron chi connectivity index (χ0n) is 9.78. The van der Waals surface area contributed by atoms with E-state index in [2.05, 4.69) is 16.2 Å². The first-order valence-electron chi connectivity index (χ1n) is 5.48. The number of anilines is 2. The first-order chi connectivity index (χ1) is 9.15. The Bertz CT molecular complexity index is 575. The fourth-order valence-corrected chi connectivity index (χ4v) is 1.85. The van der Waals surface area contributed by atoms with Gasteiger partial charge in [0.1, 0.15) is 0 Å². The van der Waals surface area contributed by atoms with E-state index in [9.17, 15) is 0 Å². The van der Waals surface area contributed by atoms with Gasteiger partial charge in [0.2, 0.25) is 0 Å². The summed E-state index contributed by atoms with van der Waals surface area (Å²) < 4.78 is 0. The van der Waals surface area contributed by atoms with Crippen LogP contribution in [-0.2, 0) is 0 Å². The summed E-state index contributed by atoms with van der Waals surface area (Å²) in [7, 11) is 0. The monoisotopic (exact) mass is 311 g/mol. The van der Waals surface area contributed by atoms with Gasteiger partial charge in [-0.05, 0) is 42.5 Å². The van der Waals surface area contributed by atoms with Gasteiger partial charge in [0, 0.05) is 5.69 Å². The minimum atomic E-state index is 0.433. The number of halogens is 2. The third-order valence-corrected chi connectivity index (χ3v) is 3.21. The molecule has 2 rings (SSSR count). The van der Waals surface area contributed by atoms with Gasteiger partial charge < -0.3 is 5.32 Å². The standard InChI is InChI=1S/C13H11Cl2N3S/c14-11-7-6-10(8-12(11)15)16-13(19)18-17-9-4-2-1-3-5-9/h1-8,17H,(H2,16,18,19). The van der Waals surface area contributed by atoms with E-state index in [0.717, 1.165) is 11.4 Å². The van der Waals surface area contributed by atoms with E-state index >= 15 is 0 Å². The van der Waals surface area contributed by atoms with Crippen molar-refractivity contribution in [3.63, 3.8) is 0 Å². The number of thiocarbonyl (C=S) groups is 1. The first-order valence-corrected chi connectivity index (χ1v) is 6.64. The molecule has 0 amide bonds. The quantitative estimate of drug-likeness (QED) is 0.583. The zero-order chi connectivity index (χ0) is 13.7. The van der Waals surface area contributed by atoms with Crippen LogP contribution in [-0.4, -0.2) is 5.11 Å². The first kappa shape index (κ1) is 13.9. The van der Waals surface area contributed by atoms with Crippen molar-refractivity contribution in [1.82, 2.24) is 5.43 Å². The second kappa shape index (κ2) is 6.61. The van der Waals surface area contributed by atoms with Crippen molar-refractivity contribution in [2.45, 2.75) is 0 Å². The highest BCUT2D eigenvalue weighted by Crippen LogP contribution is 2.24. The van der Waals surface area contributed by atoms with E-state index < -0.39 is 0 Å². The molecule has 3 N–H and O–H groups in total. The van der Waals surface area contributed by atoms with Gasteiger partial charge in [-0.25, -0.2) is 0 Å². The Morgan fingerprint density at radius 2 is 1.63 bits per heavy atom. The number of hydrogen-bond donors (Lipinski definition) is 3. The van der Waals surface area contributed by atoms with Crippen LogP contribution in [0, 0.1) is 0 Å². The second-order valence-electron chi connectivity index (χ2n) is 3.70. The average molecular weight is 312 g/mol. The van der Waals surface area contributed by atoms with E-state index in [1.54, 1.807) is 18.2 Å². The number of nitrogens with one attached hydrogen (secondary N) is 3. The zero-order valence-corrected chi connectivity index (χ0v) is 12.1. The van der Waals surface area contributed by atoms with Crippen LogP contribution in [0.2, 0.25) is 10.0 Å². The van der Waals surface area contributed by atoms with Crippen LogP contribution in [0.15, 0.2) is 48.5 Å². The molecule has 19 heavy (non-hydrogen) atoms. The van der Waals surface area contributed by atoms with Crippen LogP contribution >= 0.6 is 35.4 Å². The molecular weight excluding hydrogens is 301 g/mol. The lowest BCUT2D eigenvalue weighted by molar-refractivity contribution is 1.14.